The van der Waals surface area contributed by atoms with Gasteiger partial charge < -0.3 is 10.5 Å². The van der Waals surface area contributed by atoms with Crippen molar-refractivity contribution < 1.29 is 13.2 Å². The fourth-order valence-corrected chi connectivity index (χ4v) is 5.18. The zero-order valence-electron chi connectivity index (χ0n) is 10.5. The molecule has 1 aliphatic carbocycles. The Kier molecular flexibility index (Phi) is 3.80. The molecule has 0 amide bonds. The molecular weight excluding hydrogens is 238 g/mol. The number of hydrogen-bond donors (Lipinski definition) is 1. The predicted octanol–water partition coefficient (Wildman–Crippen LogP) is 1.24. The molecule has 0 aromatic carbocycles. The third-order valence-corrected chi connectivity index (χ3v) is 6.37. The average molecular weight is 261 g/mol. The van der Waals surface area contributed by atoms with E-state index >= 15 is 0 Å². The summed E-state index contributed by atoms with van der Waals surface area (Å²) in [5.41, 5.74) is 5.49. The fraction of sp³-hybridized carbons (Fsp3) is 1.00. The Morgan fingerprint density at radius 2 is 2.06 bits per heavy atom. The number of ether oxygens (including phenoxy) is 1. The van der Waals surface area contributed by atoms with E-state index in [1.54, 1.807) is 6.92 Å². The lowest BCUT2D eigenvalue weighted by Gasteiger charge is -2.38. The van der Waals surface area contributed by atoms with Crippen LogP contribution in [0.3, 0.4) is 0 Å². The van der Waals surface area contributed by atoms with E-state index in [0.29, 0.717) is 19.4 Å². The van der Waals surface area contributed by atoms with E-state index in [1.807, 2.05) is 0 Å². The van der Waals surface area contributed by atoms with Gasteiger partial charge in [0, 0.05) is 12.6 Å². The van der Waals surface area contributed by atoms with E-state index < -0.39 is 9.84 Å². The predicted molar refractivity (Wildman–Crippen MR) is 67.6 cm³/mol. The molecular formula is C12H23NO3S. The zero-order valence-corrected chi connectivity index (χ0v) is 11.3. The van der Waals surface area contributed by atoms with E-state index in [-0.39, 0.29) is 22.6 Å². The van der Waals surface area contributed by atoms with Crippen molar-refractivity contribution in [1.29, 1.82) is 0 Å². The molecule has 2 fully saturated rings. The van der Waals surface area contributed by atoms with Crippen molar-refractivity contribution in [2.24, 2.45) is 5.73 Å². The molecule has 4 nitrogen and oxygen atoms in total. The van der Waals surface area contributed by atoms with E-state index in [2.05, 4.69) is 0 Å². The molecule has 2 atom stereocenters. The van der Waals surface area contributed by atoms with Gasteiger partial charge in [-0.3, -0.25) is 0 Å². The van der Waals surface area contributed by atoms with E-state index in [9.17, 15) is 8.42 Å². The molecule has 5 heteroatoms. The first-order valence-electron chi connectivity index (χ1n) is 6.55. The quantitative estimate of drug-likeness (QED) is 0.830. The zero-order chi connectivity index (χ0) is 12.5. The maximum atomic E-state index is 12.2. The second-order valence-corrected chi connectivity index (χ2v) is 7.99. The van der Waals surface area contributed by atoms with Crippen LogP contribution in [0.2, 0.25) is 0 Å². The van der Waals surface area contributed by atoms with Crippen LogP contribution >= 0.6 is 0 Å². The molecule has 0 radical (unpaired) electrons. The van der Waals surface area contributed by atoms with Crippen LogP contribution in [-0.4, -0.2) is 37.7 Å². The Morgan fingerprint density at radius 3 is 2.65 bits per heavy atom. The van der Waals surface area contributed by atoms with Gasteiger partial charge in [-0.1, -0.05) is 12.8 Å². The molecule has 100 valence electrons. The first-order chi connectivity index (χ1) is 7.94. The number of sulfone groups is 1. The van der Waals surface area contributed by atoms with Crippen LogP contribution < -0.4 is 5.73 Å². The maximum absolute atomic E-state index is 12.2. The van der Waals surface area contributed by atoms with Crippen molar-refractivity contribution in [3.63, 3.8) is 0 Å². The summed E-state index contributed by atoms with van der Waals surface area (Å²) < 4.78 is 30.3. The van der Waals surface area contributed by atoms with Crippen LogP contribution in [0.25, 0.3) is 0 Å². The number of nitrogens with two attached hydrogens (primary N) is 1. The first-order valence-corrected chi connectivity index (χ1v) is 8.26. The molecule has 0 aromatic heterocycles. The third-order valence-electron chi connectivity index (χ3n) is 3.97. The van der Waals surface area contributed by atoms with Crippen LogP contribution in [0.15, 0.2) is 0 Å². The summed E-state index contributed by atoms with van der Waals surface area (Å²) in [6.07, 6.45) is 5.70. The first kappa shape index (κ1) is 13.3. The molecule has 2 aliphatic rings. The summed E-state index contributed by atoms with van der Waals surface area (Å²) in [6, 6.07) is -0.276. The smallest absolute Gasteiger partial charge is 0.154 e. The molecule has 1 spiro atoms. The van der Waals surface area contributed by atoms with Gasteiger partial charge >= 0.3 is 0 Å². The van der Waals surface area contributed by atoms with Crippen molar-refractivity contribution in [3.05, 3.63) is 0 Å². The summed E-state index contributed by atoms with van der Waals surface area (Å²) in [5, 5.41) is -0.236. The second kappa shape index (κ2) is 4.86. The largest absolute Gasteiger partial charge is 0.375 e. The second-order valence-electron chi connectivity index (χ2n) is 5.66. The fourth-order valence-electron chi connectivity index (χ4n) is 3.16. The minimum Gasteiger partial charge on any atom is -0.375 e. The monoisotopic (exact) mass is 261 g/mol. The van der Waals surface area contributed by atoms with Gasteiger partial charge in [0.15, 0.2) is 9.84 Å². The highest BCUT2D eigenvalue weighted by molar-refractivity contribution is 7.92. The molecule has 1 saturated heterocycles. The maximum Gasteiger partial charge on any atom is 0.154 e. The lowest BCUT2D eigenvalue weighted by molar-refractivity contribution is -0.0713. The summed E-state index contributed by atoms with van der Waals surface area (Å²) in [5.74, 6) is 0.105. The Labute approximate surface area is 104 Å². The van der Waals surface area contributed by atoms with E-state index in [4.69, 9.17) is 10.5 Å². The van der Waals surface area contributed by atoms with Crippen molar-refractivity contribution in [1.82, 2.24) is 0 Å². The number of rotatable bonds is 3. The molecule has 2 unspecified atom stereocenters. The lowest BCUT2D eigenvalue weighted by Crippen LogP contribution is -2.44. The van der Waals surface area contributed by atoms with Gasteiger partial charge in [0.2, 0.25) is 0 Å². The van der Waals surface area contributed by atoms with Gasteiger partial charge in [0.1, 0.15) is 0 Å². The summed E-state index contributed by atoms with van der Waals surface area (Å²) in [7, 11) is -3.05. The number of hydrogen-bond acceptors (Lipinski definition) is 4. The Balaban J connectivity index is 2.06. The molecule has 1 heterocycles. The van der Waals surface area contributed by atoms with Gasteiger partial charge in [-0.25, -0.2) is 8.42 Å². The van der Waals surface area contributed by atoms with Gasteiger partial charge in [-0.15, -0.1) is 0 Å². The highest BCUT2D eigenvalue weighted by Gasteiger charge is 2.43. The van der Waals surface area contributed by atoms with E-state index in [1.165, 1.54) is 12.8 Å². The molecule has 0 bridgehead atoms. The minimum atomic E-state index is -3.05. The SMILES string of the molecule is CC(N)CS(=O)(=O)C1CCOC2(CCCC2)C1. The topological polar surface area (TPSA) is 69.4 Å². The van der Waals surface area contributed by atoms with Gasteiger partial charge in [-0.2, -0.15) is 0 Å². The van der Waals surface area contributed by atoms with Crippen molar-refractivity contribution in [3.8, 4) is 0 Å². The summed E-state index contributed by atoms with van der Waals surface area (Å²) in [4.78, 5) is 0. The normalized spacial score (nSPS) is 30.6. The third kappa shape index (κ3) is 3.01. The van der Waals surface area contributed by atoms with Crippen LogP contribution in [0.5, 0.6) is 0 Å². The molecule has 2 N–H and O–H groups in total. The Hall–Kier alpha value is -0.130. The molecule has 17 heavy (non-hydrogen) atoms. The highest BCUT2D eigenvalue weighted by atomic mass is 32.2. The average Bonchev–Trinajstić information content (AvgIpc) is 2.64. The minimum absolute atomic E-state index is 0.105. The molecule has 2 rings (SSSR count). The summed E-state index contributed by atoms with van der Waals surface area (Å²) >= 11 is 0. The van der Waals surface area contributed by atoms with Gasteiger partial charge in [0.05, 0.1) is 16.6 Å². The van der Waals surface area contributed by atoms with E-state index in [0.717, 1.165) is 12.8 Å². The standard InChI is InChI=1S/C12H23NO3S/c1-10(13)9-17(14,15)11-4-7-16-12(8-11)5-2-3-6-12/h10-11H,2-9,13H2,1H3. The van der Waals surface area contributed by atoms with Crippen LogP contribution in [0, 0.1) is 0 Å². The Morgan fingerprint density at radius 1 is 1.41 bits per heavy atom. The van der Waals surface area contributed by atoms with Crippen LogP contribution in [0.1, 0.15) is 45.4 Å². The molecule has 0 aromatic rings. The molecule has 1 aliphatic heterocycles. The summed E-state index contributed by atoms with van der Waals surface area (Å²) in [6.45, 7) is 2.34. The van der Waals surface area contributed by atoms with Gasteiger partial charge in [0.25, 0.3) is 0 Å². The van der Waals surface area contributed by atoms with Crippen LogP contribution in [-0.2, 0) is 14.6 Å². The van der Waals surface area contributed by atoms with Crippen LogP contribution in [0.4, 0.5) is 0 Å². The highest BCUT2D eigenvalue weighted by Crippen LogP contribution is 2.41. The van der Waals surface area contributed by atoms with Crippen molar-refractivity contribution >= 4 is 9.84 Å². The Bertz CT molecular complexity index is 358. The van der Waals surface area contributed by atoms with Crippen molar-refractivity contribution in [2.45, 2.75) is 62.3 Å². The van der Waals surface area contributed by atoms with Gasteiger partial charge in [-0.05, 0) is 32.6 Å². The lowest BCUT2D eigenvalue weighted by atomic mass is 9.92. The molecule has 1 saturated carbocycles. The van der Waals surface area contributed by atoms with Crippen molar-refractivity contribution in [2.75, 3.05) is 12.4 Å².